The Labute approximate surface area is 188 Å². The second-order valence-corrected chi connectivity index (χ2v) is 8.49. The number of thioether (sulfide) groups is 1. The molecule has 0 saturated carbocycles. The van der Waals surface area contributed by atoms with E-state index < -0.39 is 6.04 Å². The van der Waals surface area contributed by atoms with Crippen molar-refractivity contribution in [1.82, 2.24) is 10.2 Å². The van der Waals surface area contributed by atoms with Gasteiger partial charge >= 0.3 is 0 Å². The van der Waals surface area contributed by atoms with Crippen molar-refractivity contribution >= 4 is 35.2 Å². The van der Waals surface area contributed by atoms with Gasteiger partial charge in [0.1, 0.15) is 11.8 Å². The average molecular weight is 449 g/mol. The van der Waals surface area contributed by atoms with Crippen LogP contribution in [0.15, 0.2) is 53.4 Å². The van der Waals surface area contributed by atoms with Crippen molar-refractivity contribution in [3.05, 3.63) is 59.1 Å². The van der Waals surface area contributed by atoms with E-state index in [1.165, 1.54) is 0 Å². The number of methoxy groups -OCH3 is 1. The van der Waals surface area contributed by atoms with E-state index in [2.05, 4.69) is 5.32 Å². The van der Waals surface area contributed by atoms with Crippen LogP contribution in [0.2, 0.25) is 5.02 Å². The molecule has 0 saturated heterocycles. The second kappa shape index (κ2) is 12.5. The zero-order valence-electron chi connectivity index (χ0n) is 17.7. The molecule has 2 aromatic carbocycles. The summed E-state index contributed by atoms with van der Waals surface area (Å²) in [6.07, 6.45) is 1.19. The number of amides is 2. The maximum atomic E-state index is 13.0. The van der Waals surface area contributed by atoms with E-state index in [0.29, 0.717) is 30.3 Å². The van der Waals surface area contributed by atoms with Crippen LogP contribution in [0.1, 0.15) is 32.3 Å². The Balaban J connectivity index is 2.04. The lowest BCUT2D eigenvalue weighted by atomic mass is 10.1. The van der Waals surface area contributed by atoms with Gasteiger partial charge in [-0.3, -0.25) is 9.59 Å². The Morgan fingerprint density at radius 2 is 1.80 bits per heavy atom. The van der Waals surface area contributed by atoms with Gasteiger partial charge in [0, 0.05) is 35.2 Å². The summed E-state index contributed by atoms with van der Waals surface area (Å²) in [7, 11) is 1.61. The van der Waals surface area contributed by atoms with Gasteiger partial charge in [-0.1, -0.05) is 30.7 Å². The number of nitrogens with one attached hydrogen (secondary N) is 1. The van der Waals surface area contributed by atoms with E-state index in [-0.39, 0.29) is 11.8 Å². The highest BCUT2D eigenvalue weighted by Crippen LogP contribution is 2.22. The van der Waals surface area contributed by atoms with Crippen LogP contribution in [0.5, 0.6) is 5.75 Å². The molecule has 2 rings (SSSR count). The molecule has 30 heavy (non-hydrogen) atoms. The summed E-state index contributed by atoms with van der Waals surface area (Å²) in [4.78, 5) is 28.3. The normalized spacial score (nSPS) is 11.6. The molecule has 0 bridgehead atoms. The summed E-state index contributed by atoms with van der Waals surface area (Å²) in [5, 5.41) is 3.58. The fourth-order valence-corrected chi connectivity index (χ4v) is 3.80. The van der Waals surface area contributed by atoms with Crippen LogP contribution < -0.4 is 10.1 Å². The third kappa shape index (κ3) is 7.58. The van der Waals surface area contributed by atoms with Crippen molar-refractivity contribution in [2.24, 2.45) is 0 Å². The van der Waals surface area contributed by atoms with Gasteiger partial charge in [-0.15, -0.1) is 11.8 Å². The number of nitrogens with zero attached hydrogens (tertiary/aromatic N) is 1. The molecule has 5 nitrogen and oxygen atoms in total. The molecule has 0 aliphatic carbocycles. The molecule has 0 spiro atoms. The van der Waals surface area contributed by atoms with Crippen molar-refractivity contribution in [2.75, 3.05) is 19.4 Å². The van der Waals surface area contributed by atoms with Crippen molar-refractivity contribution in [2.45, 2.75) is 44.2 Å². The Morgan fingerprint density at radius 1 is 1.13 bits per heavy atom. The van der Waals surface area contributed by atoms with Crippen LogP contribution in [-0.4, -0.2) is 42.2 Å². The highest BCUT2D eigenvalue weighted by molar-refractivity contribution is 7.99. The van der Waals surface area contributed by atoms with Gasteiger partial charge in [0.15, 0.2) is 0 Å². The first-order chi connectivity index (χ1) is 14.4. The van der Waals surface area contributed by atoms with E-state index >= 15 is 0 Å². The predicted octanol–water partition coefficient (Wildman–Crippen LogP) is 4.77. The van der Waals surface area contributed by atoms with Crippen LogP contribution >= 0.6 is 23.4 Å². The highest BCUT2D eigenvalue weighted by atomic mass is 35.5. The number of rotatable bonds is 11. The van der Waals surface area contributed by atoms with Crippen molar-refractivity contribution < 1.29 is 14.3 Å². The molecular weight excluding hydrogens is 420 g/mol. The SMILES string of the molecule is CCCNC(=O)C(C)N(Cc1ccc(OC)cc1)C(=O)CCSc1ccc(Cl)cc1. The van der Waals surface area contributed by atoms with E-state index in [1.54, 1.807) is 30.7 Å². The molecule has 0 aliphatic rings. The second-order valence-electron chi connectivity index (χ2n) is 6.89. The molecule has 162 valence electrons. The Morgan fingerprint density at radius 3 is 2.40 bits per heavy atom. The Bertz CT molecular complexity index is 812. The summed E-state index contributed by atoms with van der Waals surface area (Å²) in [6, 6.07) is 14.5. The topological polar surface area (TPSA) is 58.6 Å². The minimum absolute atomic E-state index is 0.0496. The molecule has 0 aliphatic heterocycles. The average Bonchev–Trinajstić information content (AvgIpc) is 2.77. The summed E-state index contributed by atoms with van der Waals surface area (Å²) in [5.74, 6) is 1.20. The summed E-state index contributed by atoms with van der Waals surface area (Å²) in [5.41, 5.74) is 0.949. The molecule has 2 aromatic rings. The number of carbonyl (C=O) groups excluding carboxylic acids is 2. The molecule has 2 amide bonds. The Hall–Kier alpha value is -2.18. The fourth-order valence-electron chi connectivity index (χ4n) is 2.84. The molecule has 1 N–H and O–H groups in total. The monoisotopic (exact) mass is 448 g/mol. The predicted molar refractivity (Wildman–Crippen MR) is 123 cm³/mol. The summed E-state index contributed by atoms with van der Waals surface area (Å²) in [6.45, 7) is 4.74. The zero-order valence-corrected chi connectivity index (χ0v) is 19.3. The first kappa shape index (κ1) is 24.1. The molecule has 0 aromatic heterocycles. The largest absolute Gasteiger partial charge is 0.497 e. The van der Waals surface area contributed by atoms with E-state index in [9.17, 15) is 9.59 Å². The quantitative estimate of drug-likeness (QED) is 0.503. The van der Waals surface area contributed by atoms with Gasteiger partial charge in [0.05, 0.1) is 7.11 Å². The number of hydrogen-bond acceptors (Lipinski definition) is 4. The van der Waals surface area contributed by atoms with Crippen LogP contribution in [-0.2, 0) is 16.1 Å². The smallest absolute Gasteiger partial charge is 0.242 e. The first-order valence-corrected chi connectivity index (χ1v) is 11.4. The molecule has 0 heterocycles. The molecular formula is C23H29ClN2O3S. The van der Waals surface area contributed by atoms with Crippen LogP contribution in [0.3, 0.4) is 0 Å². The van der Waals surface area contributed by atoms with Gasteiger partial charge in [0.25, 0.3) is 0 Å². The minimum Gasteiger partial charge on any atom is -0.497 e. The molecule has 1 atom stereocenters. The molecule has 0 fully saturated rings. The van der Waals surface area contributed by atoms with Gasteiger partial charge in [0.2, 0.25) is 11.8 Å². The van der Waals surface area contributed by atoms with E-state index in [0.717, 1.165) is 22.6 Å². The summed E-state index contributed by atoms with van der Waals surface area (Å²) < 4.78 is 5.20. The van der Waals surface area contributed by atoms with Gasteiger partial charge in [-0.25, -0.2) is 0 Å². The first-order valence-electron chi connectivity index (χ1n) is 10.0. The summed E-state index contributed by atoms with van der Waals surface area (Å²) >= 11 is 7.52. The zero-order chi connectivity index (χ0) is 21.9. The Kier molecular flexibility index (Phi) is 10.0. The third-order valence-electron chi connectivity index (χ3n) is 4.63. The highest BCUT2D eigenvalue weighted by Gasteiger charge is 2.25. The van der Waals surface area contributed by atoms with Gasteiger partial charge < -0.3 is 15.0 Å². The minimum atomic E-state index is -0.549. The lowest BCUT2D eigenvalue weighted by Crippen LogP contribution is -2.47. The number of ether oxygens (including phenoxy) is 1. The maximum absolute atomic E-state index is 13.0. The number of halogens is 1. The lowest BCUT2D eigenvalue weighted by Gasteiger charge is -2.29. The number of hydrogen-bond donors (Lipinski definition) is 1. The number of benzene rings is 2. The lowest BCUT2D eigenvalue weighted by molar-refractivity contribution is -0.140. The standard InChI is InChI=1S/C23H29ClN2O3S/c1-4-14-25-23(28)17(2)26(16-18-5-9-20(29-3)10-6-18)22(27)13-15-30-21-11-7-19(24)8-12-21/h5-12,17H,4,13-16H2,1-3H3,(H,25,28). The molecule has 0 radical (unpaired) electrons. The van der Waals surface area contributed by atoms with Crippen LogP contribution in [0.25, 0.3) is 0 Å². The van der Waals surface area contributed by atoms with Crippen molar-refractivity contribution in [3.63, 3.8) is 0 Å². The van der Waals surface area contributed by atoms with E-state index in [4.69, 9.17) is 16.3 Å². The van der Waals surface area contributed by atoms with Gasteiger partial charge in [-0.2, -0.15) is 0 Å². The van der Waals surface area contributed by atoms with Crippen LogP contribution in [0, 0.1) is 0 Å². The van der Waals surface area contributed by atoms with Crippen LogP contribution in [0.4, 0.5) is 0 Å². The third-order valence-corrected chi connectivity index (χ3v) is 5.89. The van der Waals surface area contributed by atoms with E-state index in [1.807, 2.05) is 55.5 Å². The molecule has 1 unspecified atom stereocenters. The molecule has 7 heteroatoms. The number of carbonyl (C=O) groups is 2. The fraction of sp³-hybridized carbons (Fsp3) is 0.391. The maximum Gasteiger partial charge on any atom is 0.242 e. The van der Waals surface area contributed by atoms with Crippen molar-refractivity contribution in [3.8, 4) is 5.75 Å². The van der Waals surface area contributed by atoms with Crippen molar-refractivity contribution in [1.29, 1.82) is 0 Å². The van der Waals surface area contributed by atoms with Gasteiger partial charge in [-0.05, 0) is 55.3 Å².